The van der Waals surface area contributed by atoms with Crippen molar-refractivity contribution in [2.24, 2.45) is 11.7 Å². The molecule has 0 radical (unpaired) electrons. The van der Waals surface area contributed by atoms with E-state index in [1.54, 1.807) is 0 Å². The molecule has 1 nitrogen and oxygen atoms in total. The van der Waals surface area contributed by atoms with Crippen molar-refractivity contribution in [3.8, 4) is 0 Å². The van der Waals surface area contributed by atoms with E-state index < -0.39 is 0 Å². The van der Waals surface area contributed by atoms with Crippen LogP contribution >= 0.6 is 11.6 Å². The summed E-state index contributed by atoms with van der Waals surface area (Å²) in [6, 6.07) is 0. The van der Waals surface area contributed by atoms with Gasteiger partial charge in [-0.3, -0.25) is 0 Å². The summed E-state index contributed by atoms with van der Waals surface area (Å²) in [6.45, 7) is 6.27. The highest BCUT2D eigenvalue weighted by Crippen LogP contribution is 2.36. The SMILES string of the molecule is CC1=C(Cl)CCCC1C(C)(C)N. The largest absolute Gasteiger partial charge is 0.325 e. The Kier molecular flexibility index (Phi) is 2.84. The fourth-order valence-corrected chi connectivity index (χ4v) is 2.26. The third-order valence-corrected chi connectivity index (χ3v) is 3.22. The average Bonchev–Trinajstić information content (AvgIpc) is 1.92. The molecule has 0 saturated carbocycles. The van der Waals surface area contributed by atoms with Crippen LogP contribution in [0.2, 0.25) is 0 Å². The number of halogens is 1. The number of hydrogen-bond donors (Lipinski definition) is 1. The molecule has 2 heteroatoms. The van der Waals surface area contributed by atoms with Gasteiger partial charge in [0.15, 0.2) is 0 Å². The molecule has 0 aromatic rings. The van der Waals surface area contributed by atoms with Crippen molar-refractivity contribution in [2.45, 2.75) is 45.6 Å². The fraction of sp³-hybridized carbons (Fsp3) is 0.800. The van der Waals surface area contributed by atoms with Gasteiger partial charge in [-0.15, -0.1) is 0 Å². The van der Waals surface area contributed by atoms with Gasteiger partial charge >= 0.3 is 0 Å². The van der Waals surface area contributed by atoms with Crippen LogP contribution < -0.4 is 5.73 Å². The molecule has 0 bridgehead atoms. The number of hydrogen-bond acceptors (Lipinski definition) is 1. The highest BCUT2D eigenvalue weighted by molar-refractivity contribution is 6.30. The molecule has 0 heterocycles. The third kappa shape index (κ3) is 2.02. The lowest BCUT2D eigenvalue weighted by Gasteiger charge is -2.34. The summed E-state index contributed by atoms with van der Waals surface area (Å²) in [5.74, 6) is 0.471. The zero-order valence-corrected chi connectivity index (χ0v) is 8.91. The minimum Gasteiger partial charge on any atom is -0.325 e. The summed E-state index contributed by atoms with van der Waals surface area (Å²) in [7, 11) is 0. The molecule has 1 atom stereocenters. The van der Waals surface area contributed by atoms with E-state index in [0.717, 1.165) is 11.5 Å². The maximum atomic E-state index is 6.09. The van der Waals surface area contributed by atoms with Crippen LogP contribution in [0, 0.1) is 5.92 Å². The number of allylic oxidation sites excluding steroid dienone is 1. The molecular weight excluding hydrogens is 170 g/mol. The molecule has 2 N–H and O–H groups in total. The van der Waals surface area contributed by atoms with E-state index in [1.807, 2.05) is 0 Å². The van der Waals surface area contributed by atoms with E-state index >= 15 is 0 Å². The summed E-state index contributed by atoms with van der Waals surface area (Å²) < 4.78 is 0. The van der Waals surface area contributed by atoms with Crippen molar-refractivity contribution >= 4 is 11.6 Å². The maximum absolute atomic E-state index is 6.09. The van der Waals surface area contributed by atoms with Gasteiger partial charge in [0.25, 0.3) is 0 Å². The zero-order valence-electron chi connectivity index (χ0n) is 8.15. The van der Waals surface area contributed by atoms with E-state index in [0.29, 0.717) is 5.92 Å². The van der Waals surface area contributed by atoms with Crippen LogP contribution in [-0.2, 0) is 0 Å². The van der Waals surface area contributed by atoms with Crippen molar-refractivity contribution in [3.05, 3.63) is 10.6 Å². The molecule has 70 valence electrons. The van der Waals surface area contributed by atoms with E-state index in [9.17, 15) is 0 Å². The van der Waals surface area contributed by atoms with Crippen LogP contribution in [0.25, 0.3) is 0 Å². The molecule has 12 heavy (non-hydrogen) atoms. The third-order valence-electron chi connectivity index (χ3n) is 2.74. The highest BCUT2D eigenvalue weighted by atomic mass is 35.5. The van der Waals surface area contributed by atoms with Crippen LogP contribution in [0.15, 0.2) is 10.6 Å². The molecule has 0 aliphatic heterocycles. The van der Waals surface area contributed by atoms with Gasteiger partial charge in [0.1, 0.15) is 0 Å². The second-order valence-corrected chi connectivity index (χ2v) is 4.81. The lowest BCUT2D eigenvalue weighted by Crippen LogP contribution is -2.42. The molecule has 1 unspecified atom stereocenters. The predicted molar refractivity (Wildman–Crippen MR) is 54.2 cm³/mol. The summed E-state index contributed by atoms with van der Waals surface area (Å²) >= 11 is 6.09. The van der Waals surface area contributed by atoms with Gasteiger partial charge in [-0.25, -0.2) is 0 Å². The first-order valence-corrected chi connectivity index (χ1v) is 4.94. The van der Waals surface area contributed by atoms with Gasteiger partial charge in [0.2, 0.25) is 0 Å². The minimum atomic E-state index is -0.120. The van der Waals surface area contributed by atoms with Gasteiger partial charge in [0, 0.05) is 10.6 Å². The van der Waals surface area contributed by atoms with Crippen molar-refractivity contribution in [2.75, 3.05) is 0 Å². The van der Waals surface area contributed by atoms with Crippen molar-refractivity contribution in [3.63, 3.8) is 0 Å². The molecule has 0 saturated heterocycles. The van der Waals surface area contributed by atoms with Crippen LogP contribution in [0.5, 0.6) is 0 Å². The fourth-order valence-electron chi connectivity index (χ4n) is 1.99. The molecule has 1 aliphatic carbocycles. The average molecular weight is 188 g/mol. The van der Waals surface area contributed by atoms with Gasteiger partial charge in [-0.05, 0) is 46.0 Å². The normalized spacial score (nSPS) is 26.2. The zero-order chi connectivity index (χ0) is 9.35. The number of rotatable bonds is 1. The monoisotopic (exact) mass is 187 g/mol. The lowest BCUT2D eigenvalue weighted by atomic mass is 9.76. The van der Waals surface area contributed by atoms with E-state index in [4.69, 9.17) is 17.3 Å². The predicted octanol–water partition coefficient (Wildman–Crippen LogP) is 3.04. The van der Waals surface area contributed by atoms with E-state index in [1.165, 1.54) is 18.4 Å². The highest BCUT2D eigenvalue weighted by Gasteiger charge is 2.29. The lowest BCUT2D eigenvalue weighted by molar-refractivity contribution is 0.327. The van der Waals surface area contributed by atoms with E-state index in [2.05, 4.69) is 20.8 Å². The molecule has 0 aromatic heterocycles. The topological polar surface area (TPSA) is 26.0 Å². The Morgan fingerprint density at radius 2 is 2.08 bits per heavy atom. The first kappa shape index (κ1) is 10.1. The molecule has 1 aliphatic rings. The van der Waals surface area contributed by atoms with Gasteiger partial charge in [-0.2, -0.15) is 0 Å². The van der Waals surface area contributed by atoms with E-state index in [-0.39, 0.29) is 5.54 Å². The first-order valence-electron chi connectivity index (χ1n) is 4.57. The van der Waals surface area contributed by atoms with Crippen molar-refractivity contribution in [1.29, 1.82) is 0 Å². The minimum absolute atomic E-state index is 0.120. The quantitative estimate of drug-likeness (QED) is 0.671. The maximum Gasteiger partial charge on any atom is 0.0173 e. The first-order chi connectivity index (χ1) is 5.43. The summed E-state index contributed by atoms with van der Waals surface area (Å²) in [5.41, 5.74) is 7.25. The number of nitrogens with two attached hydrogens (primary N) is 1. The molecular formula is C10H18ClN. The van der Waals surface area contributed by atoms with Gasteiger partial charge in [0.05, 0.1) is 0 Å². The Labute approximate surface area is 80.0 Å². The smallest absolute Gasteiger partial charge is 0.0173 e. The Balaban J connectivity index is 2.86. The Bertz CT molecular complexity index is 200. The second-order valence-electron chi connectivity index (χ2n) is 4.35. The van der Waals surface area contributed by atoms with Crippen molar-refractivity contribution < 1.29 is 0 Å². The summed E-state index contributed by atoms with van der Waals surface area (Å²) in [4.78, 5) is 0. The van der Waals surface area contributed by atoms with Crippen molar-refractivity contribution in [1.82, 2.24) is 0 Å². The molecule has 1 rings (SSSR count). The van der Waals surface area contributed by atoms with Crippen LogP contribution in [0.1, 0.15) is 40.0 Å². The Morgan fingerprint density at radius 1 is 1.50 bits per heavy atom. The van der Waals surface area contributed by atoms with Crippen LogP contribution in [0.3, 0.4) is 0 Å². The summed E-state index contributed by atoms with van der Waals surface area (Å²) in [6.07, 6.45) is 3.41. The molecule has 0 spiro atoms. The molecule has 0 amide bonds. The molecule has 0 aromatic carbocycles. The second kappa shape index (κ2) is 3.39. The standard InChI is InChI=1S/C10H18ClN/c1-7-8(10(2,3)12)5-4-6-9(7)11/h8H,4-6,12H2,1-3H3. The van der Waals surface area contributed by atoms with Gasteiger partial charge < -0.3 is 5.73 Å². The Hall–Kier alpha value is -0.0100. The van der Waals surface area contributed by atoms with Gasteiger partial charge in [-0.1, -0.05) is 17.2 Å². The summed E-state index contributed by atoms with van der Waals surface area (Å²) in [5, 5.41) is 1.03. The Morgan fingerprint density at radius 3 is 2.50 bits per heavy atom. The molecule has 0 fully saturated rings. The van der Waals surface area contributed by atoms with Crippen LogP contribution in [0.4, 0.5) is 0 Å². The van der Waals surface area contributed by atoms with Crippen LogP contribution in [-0.4, -0.2) is 5.54 Å².